The van der Waals surface area contributed by atoms with Crippen LogP contribution in [0.3, 0.4) is 0 Å². The molecule has 118 valence electrons. The zero-order valence-corrected chi connectivity index (χ0v) is 12.9. The first kappa shape index (κ1) is 17.2. The first-order chi connectivity index (χ1) is 9.76. The predicted molar refractivity (Wildman–Crippen MR) is 79.9 cm³/mol. The zero-order chi connectivity index (χ0) is 16.0. The van der Waals surface area contributed by atoms with E-state index in [1.54, 1.807) is 0 Å². The number of rotatable bonds is 7. The molecule has 0 aliphatic carbocycles. The average Bonchev–Trinajstić information content (AvgIpc) is 2.39. The summed E-state index contributed by atoms with van der Waals surface area (Å²) >= 11 is 0. The molecule has 0 aliphatic rings. The van der Waals surface area contributed by atoms with Crippen LogP contribution in [0.4, 0.5) is 11.4 Å². The molecule has 0 aromatic heterocycles. The summed E-state index contributed by atoms with van der Waals surface area (Å²) in [7, 11) is -0.580. The number of anilines is 2. The number of carbonyl (C=O) groups excluding carboxylic acids is 1. The molecule has 0 aliphatic heterocycles. The summed E-state index contributed by atoms with van der Waals surface area (Å²) in [6, 6.07) is 3.71. The highest BCUT2D eigenvalue weighted by molar-refractivity contribution is 7.92. The van der Waals surface area contributed by atoms with E-state index in [4.69, 9.17) is 15.2 Å². The molecule has 21 heavy (non-hydrogen) atoms. The van der Waals surface area contributed by atoms with Gasteiger partial charge in [-0.15, -0.1) is 0 Å². The molecule has 0 spiro atoms. The Morgan fingerprint density at radius 2 is 2.05 bits per heavy atom. The van der Waals surface area contributed by atoms with Crippen LogP contribution in [0.25, 0.3) is 0 Å². The van der Waals surface area contributed by atoms with Crippen molar-refractivity contribution >= 4 is 27.3 Å². The molecule has 1 aromatic carbocycles. The lowest BCUT2D eigenvalue weighted by Crippen LogP contribution is -2.39. The summed E-state index contributed by atoms with van der Waals surface area (Å²) in [6.07, 6.45) is 1.03. The Hall–Kier alpha value is -1.84. The van der Waals surface area contributed by atoms with Crippen molar-refractivity contribution in [2.75, 3.05) is 37.1 Å². The Morgan fingerprint density at radius 1 is 1.38 bits per heavy atom. The molecule has 1 atom stereocenters. The van der Waals surface area contributed by atoms with Crippen LogP contribution >= 0.6 is 0 Å². The maximum atomic E-state index is 11.7. The van der Waals surface area contributed by atoms with Gasteiger partial charge in [0.1, 0.15) is 11.8 Å². The van der Waals surface area contributed by atoms with Crippen LogP contribution in [0.2, 0.25) is 0 Å². The molecule has 9 heteroatoms. The van der Waals surface area contributed by atoms with Gasteiger partial charge in [0.15, 0.2) is 0 Å². The number of sulfonamides is 1. The number of carbonyl (C=O) groups is 1. The fraction of sp³-hybridized carbons (Fsp3) is 0.417. The molecule has 1 rings (SSSR count). The summed E-state index contributed by atoms with van der Waals surface area (Å²) in [6.45, 7) is 0.0939. The van der Waals surface area contributed by atoms with Crippen LogP contribution in [0.1, 0.15) is 0 Å². The van der Waals surface area contributed by atoms with Crippen LogP contribution < -0.4 is 20.5 Å². The van der Waals surface area contributed by atoms with Gasteiger partial charge in [0.2, 0.25) is 15.9 Å². The Balaban J connectivity index is 2.90. The lowest BCUT2D eigenvalue weighted by atomic mass is 10.2. The lowest BCUT2D eigenvalue weighted by Gasteiger charge is -2.14. The molecule has 1 aromatic rings. The highest BCUT2D eigenvalue weighted by atomic mass is 32.2. The summed E-state index contributed by atoms with van der Waals surface area (Å²) in [5, 5.41) is 2.59. The normalized spacial score (nSPS) is 12.6. The molecular formula is C12H19N3O5S. The van der Waals surface area contributed by atoms with Crippen LogP contribution in [0, 0.1) is 0 Å². The fourth-order valence-corrected chi connectivity index (χ4v) is 2.11. The molecule has 1 unspecified atom stereocenters. The number of nitrogens with one attached hydrogen (secondary N) is 2. The van der Waals surface area contributed by atoms with E-state index in [1.807, 2.05) is 0 Å². The van der Waals surface area contributed by atoms with Crippen molar-refractivity contribution in [1.29, 1.82) is 0 Å². The second kappa shape index (κ2) is 7.25. The van der Waals surface area contributed by atoms with Gasteiger partial charge in [-0.05, 0) is 12.1 Å². The van der Waals surface area contributed by atoms with Crippen LogP contribution in [0.5, 0.6) is 5.75 Å². The Labute approximate surface area is 123 Å². The molecule has 1 amide bonds. The summed E-state index contributed by atoms with van der Waals surface area (Å²) in [5.41, 5.74) is 6.31. The van der Waals surface area contributed by atoms with Gasteiger partial charge in [0.25, 0.3) is 0 Å². The van der Waals surface area contributed by atoms with E-state index in [1.165, 1.54) is 32.4 Å². The molecule has 8 nitrogen and oxygen atoms in total. The first-order valence-corrected chi connectivity index (χ1v) is 7.87. The number of hydrogen-bond donors (Lipinski definition) is 3. The van der Waals surface area contributed by atoms with E-state index in [9.17, 15) is 13.2 Å². The van der Waals surface area contributed by atoms with E-state index < -0.39 is 22.0 Å². The van der Waals surface area contributed by atoms with Crippen molar-refractivity contribution in [3.05, 3.63) is 18.2 Å². The molecule has 0 saturated carbocycles. The number of hydrogen-bond acceptors (Lipinski definition) is 6. The summed E-state index contributed by atoms with van der Waals surface area (Å²) < 4.78 is 34.6. The average molecular weight is 317 g/mol. The summed E-state index contributed by atoms with van der Waals surface area (Å²) in [5.74, 6) is -0.138. The topological polar surface area (TPSA) is 120 Å². The van der Waals surface area contributed by atoms with Gasteiger partial charge >= 0.3 is 0 Å². The SMILES string of the molecule is COCC(N)C(=O)Nc1ccc(NS(C)(=O)=O)c(OC)c1. The third-order valence-corrected chi connectivity index (χ3v) is 3.04. The van der Waals surface area contributed by atoms with Crippen molar-refractivity contribution in [2.24, 2.45) is 5.73 Å². The van der Waals surface area contributed by atoms with Crippen molar-refractivity contribution in [1.82, 2.24) is 0 Å². The predicted octanol–water partition coefficient (Wildman–Crippen LogP) is -0.0211. The number of nitrogens with two attached hydrogens (primary N) is 1. The Bertz CT molecular complexity index is 603. The van der Waals surface area contributed by atoms with Crippen LogP contribution in [0.15, 0.2) is 18.2 Å². The second-order valence-corrected chi connectivity index (χ2v) is 6.09. The first-order valence-electron chi connectivity index (χ1n) is 5.98. The Kier molecular flexibility index (Phi) is 5.94. The molecule has 0 fully saturated rings. The van der Waals surface area contributed by atoms with Gasteiger partial charge in [-0.1, -0.05) is 0 Å². The minimum Gasteiger partial charge on any atom is -0.494 e. The minimum absolute atomic E-state index is 0.0939. The van der Waals surface area contributed by atoms with Gasteiger partial charge in [-0.3, -0.25) is 9.52 Å². The van der Waals surface area contributed by atoms with E-state index in [0.717, 1.165) is 6.26 Å². The van der Waals surface area contributed by atoms with Crippen LogP contribution in [-0.4, -0.2) is 47.4 Å². The quantitative estimate of drug-likeness (QED) is 0.650. The molecule has 0 saturated heterocycles. The number of amides is 1. The van der Waals surface area contributed by atoms with E-state index in [-0.39, 0.29) is 18.0 Å². The van der Waals surface area contributed by atoms with Crippen molar-refractivity contribution < 1.29 is 22.7 Å². The van der Waals surface area contributed by atoms with Gasteiger partial charge in [0.05, 0.1) is 25.7 Å². The number of ether oxygens (including phenoxy) is 2. The van der Waals surface area contributed by atoms with E-state index in [0.29, 0.717) is 5.69 Å². The number of methoxy groups -OCH3 is 2. The standard InChI is InChI=1S/C12H19N3O5S/c1-19-7-9(13)12(16)14-8-4-5-10(11(6-8)20-2)15-21(3,17)18/h4-6,9,15H,7,13H2,1-3H3,(H,14,16). The molecule has 0 heterocycles. The van der Waals surface area contributed by atoms with Crippen LogP contribution in [-0.2, 0) is 19.6 Å². The second-order valence-electron chi connectivity index (χ2n) is 4.34. The maximum Gasteiger partial charge on any atom is 0.243 e. The van der Waals surface area contributed by atoms with Crippen molar-refractivity contribution in [3.63, 3.8) is 0 Å². The lowest BCUT2D eigenvalue weighted by molar-refractivity contribution is -0.118. The van der Waals surface area contributed by atoms with Crippen molar-refractivity contribution in [2.45, 2.75) is 6.04 Å². The highest BCUT2D eigenvalue weighted by Gasteiger charge is 2.15. The minimum atomic E-state index is -3.42. The third-order valence-electron chi connectivity index (χ3n) is 2.45. The van der Waals surface area contributed by atoms with Gasteiger partial charge in [-0.2, -0.15) is 0 Å². The highest BCUT2D eigenvalue weighted by Crippen LogP contribution is 2.28. The van der Waals surface area contributed by atoms with Gasteiger partial charge in [0, 0.05) is 18.9 Å². The molecule has 0 radical (unpaired) electrons. The number of benzene rings is 1. The van der Waals surface area contributed by atoms with Gasteiger partial charge < -0.3 is 20.5 Å². The Morgan fingerprint density at radius 3 is 2.57 bits per heavy atom. The fourth-order valence-electron chi connectivity index (χ4n) is 1.54. The molecule has 0 bridgehead atoms. The molecule has 4 N–H and O–H groups in total. The van der Waals surface area contributed by atoms with E-state index >= 15 is 0 Å². The third kappa shape index (κ3) is 5.58. The molecular weight excluding hydrogens is 298 g/mol. The largest absolute Gasteiger partial charge is 0.494 e. The monoisotopic (exact) mass is 317 g/mol. The van der Waals surface area contributed by atoms with Crippen molar-refractivity contribution in [3.8, 4) is 5.75 Å². The van der Waals surface area contributed by atoms with Gasteiger partial charge in [-0.25, -0.2) is 8.42 Å². The van der Waals surface area contributed by atoms with E-state index in [2.05, 4.69) is 10.0 Å². The smallest absolute Gasteiger partial charge is 0.243 e. The summed E-state index contributed by atoms with van der Waals surface area (Å²) in [4.78, 5) is 11.7. The maximum absolute atomic E-state index is 11.7. The zero-order valence-electron chi connectivity index (χ0n) is 12.0.